The smallest absolute Gasteiger partial charge is 0.317 e. The van der Waals surface area contributed by atoms with E-state index < -0.39 is 0 Å². The lowest BCUT2D eigenvalue weighted by Crippen LogP contribution is -2.51. The molecular formula is C15H22ClN3O. The van der Waals surface area contributed by atoms with Crippen LogP contribution >= 0.6 is 11.6 Å². The number of nitrogens with one attached hydrogen (secondary N) is 1. The number of carbonyl (C=O) groups is 1. The van der Waals surface area contributed by atoms with Crippen LogP contribution in [0.5, 0.6) is 0 Å². The fourth-order valence-corrected chi connectivity index (χ4v) is 2.43. The molecule has 0 spiro atoms. The second-order valence-corrected chi connectivity index (χ2v) is 5.56. The number of benzene rings is 1. The molecule has 0 unspecified atom stereocenters. The minimum Gasteiger partial charge on any atom is -0.338 e. The molecule has 0 aromatic heterocycles. The lowest BCUT2D eigenvalue weighted by Gasteiger charge is -2.34. The highest BCUT2D eigenvalue weighted by atomic mass is 35.5. The van der Waals surface area contributed by atoms with Gasteiger partial charge in [-0.05, 0) is 24.1 Å². The maximum atomic E-state index is 11.8. The number of rotatable bonds is 4. The summed E-state index contributed by atoms with van der Waals surface area (Å²) in [5.74, 6) is 0. The number of carbonyl (C=O) groups excluding carboxylic acids is 1. The Hall–Kier alpha value is -1.26. The largest absolute Gasteiger partial charge is 0.338 e. The molecule has 1 N–H and O–H groups in total. The molecule has 0 radical (unpaired) electrons. The summed E-state index contributed by atoms with van der Waals surface area (Å²) in [6.45, 7) is 7.16. The summed E-state index contributed by atoms with van der Waals surface area (Å²) >= 11 is 5.89. The number of hydrogen-bond donors (Lipinski definition) is 1. The fourth-order valence-electron chi connectivity index (χ4n) is 2.30. The highest BCUT2D eigenvalue weighted by Gasteiger charge is 2.20. The van der Waals surface area contributed by atoms with Gasteiger partial charge in [-0.2, -0.15) is 0 Å². The molecule has 110 valence electrons. The average Bonchev–Trinajstić information content (AvgIpc) is 2.48. The molecule has 1 heterocycles. The SMILES string of the molecule is CCCNC(=O)N1CCN(Cc2ccc(Cl)cc2)CC1. The first-order chi connectivity index (χ1) is 9.69. The minimum absolute atomic E-state index is 0.0676. The Morgan fingerprint density at radius 2 is 1.85 bits per heavy atom. The number of nitrogens with zero attached hydrogens (tertiary/aromatic N) is 2. The Labute approximate surface area is 125 Å². The standard InChI is InChI=1S/C15H22ClN3O/c1-2-7-17-15(20)19-10-8-18(9-11-19)12-13-3-5-14(16)6-4-13/h3-6H,2,7-12H2,1H3,(H,17,20). The van der Waals surface area contributed by atoms with Crippen LogP contribution in [-0.2, 0) is 6.54 Å². The number of piperazine rings is 1. The van der Waals surface area contributed by atoms with Crippen molar-refractivity contribution < 1.29 is 4.79 Å². The van der Waals surface area contributed by atoms with Crippen LogP contribution in [0.25, 0.3) is 0 Å². The van der Waals surface area contributed by atoms with Crippen LogP contribution in [0.4, 0.5) is 4.79 Å². The van der Waals surface area contributed by atoms with Gasteiger partial charge in [0.05, 0.1) is 0 Å². The summed E-state index contributed by atoms with van der Waals surface area (Å²) in [5, 5.41) is 3.70. The molecule has 1 aliphatic heterocycles. The van der Waals surface area contributed by atoms with Gasteiger partial charge in [0.25, 0.3) is 0 Å². The molecule has 5 heteroatoms. The molecule has 0 aliphatic carbocycles. The van der Waals surface area contributed by atoms with Gasteiger partial charge in [-0.1, -0.05) is 30.7 Å². The van der Waals surface area contributed by atoms with Crippen LogP contribution in [0.3, 0.4) is 0 Å². The normalized spacial score (nSPS) is 16.2. The summed E-state index contributed by atoms with van der Waals surface area (Å²) in [7, 11) is 0. The average molecular weight is 296 g/mol. The Bertz CT molecular complexity index is 427. The Morgan fingerprint density at radius 3 is 2.45 bits per heavy atom. The molecule has 1 fully saturated rings. The zero-order valence-electron chi connectivity index (χ0n) is 11.9. The number of hydrogen-bond acceptors (Lipinski definition) is 2. The maximum Gasteiger partial charge on any atom is 0.317 e. The summed E-state index contributed by atoms with van der Waals surface area (Å²) in [6.07, 6.45) is 0.974. The molecule has 20 heavy (non-hydrogen) atoms. The fraction of sp³-hybridized carbons (Fsp3) is 0.533. The van der Waals surface area contributed by atoms with E-state index in [1.54, 1.807) is 0 Å². The molecule has 1 aromatic rings. The van der Waals surface area contributed by atoms with Gasteiger partial charge in [-0.3, -0.25) is 4.90 Å². The van der Waals surface area contributed by atoms with Gasteiger partial charge in [0.15, 0.2) is 0 Å². The van der Waals surface area contributed by atoms with Crippen molar-refractivity contribution in [1.82, 2.24) is 15.1 Å². The van der Waals surface area contributed by atoms with Crippen molar-refractivity contribution in [3.63, 3.8) is 0 Å². The lowest BCUT2D eigenvalue weighted by molar-refractivity contribution is 0.135. The van der Waals surface area contributed by atoms with Crippen molar-refractivity contribution in [3.8, 4) is 0 Å². The second kappa shape index (κ2) is 7.50. The summed E-state index contributed by atoms with van der Waals surface area (Å²) in [5.41, 5.74) is 1.26. The molecule has 1 saturated heterocycles. The van der Waals surface area contributed by atoms with E-state index >= 15 is 0 Å². The van der Waals surface area contributed by atoms with E-state index in [0.29, 0.717) is 0 Å². The van der Waals surface area contributed by atoms with E-state index in [1.807, 2.05) is 17.0 Å². The predicted octanol–water partition coefficient (Wildman–Crippen LogP) is 2.58. The van der Waals surface area contributed by atoms with Crippen LogP contribution in [0.15, 0.2) is 24.3 Å². The third-order valence-electron chi connectivity index (χ3n) is 3.51. The lowest BCUT2D eigenvalue weighted by atomic mass is 10.2. The molecule has 4 nitrogen and oxygen atoms in total. The number of urea groups is 1. The Balaban J connectivity index is 1.76. The van der Waals surface area contributed by atoms with Crippen molar-refractivity contribution in [1.29, 1.82) is 0 Å². The van der Waals surface area contributed by atoms with Crippen LogP contribution in [0.2, 0.25) is 5.02 Å². The number of halogens is 1. The van der Waals surface area contributed by atoms with Crippen molar-refractivity contribution >= 4 is 17.6 Å². The Morgan fingerprint density at radius 1 is 1.20 bits per heavy atom. The zero-order valence-corrected chi connectivity index (χ0v) is 12.7. The van der Waals surface area contributed by atoms with Crippen molar-refractivity contribution in [2.75, 3.05) is 32.7 Å². The van der Waals surface area contributed by atoms with Crippen LogP contribution in [0.1, 0.15) is 18.9 Å². The van der Waals surface area contributed by atoms with E-state index in [-0.39, 0.29) is 6.03 Å². The first-order valence-electron chi connectivity index (χ1n) is 7.18. The third-order valence-corrected chi connectivity index (χ3v) is 3.76. The van der Waals surface area contributed by atoms with E-state index in [1.165, 1.54) is 5.56 Å². The first-order valence-corrected chi connectivity index (χ1v) is 7.56. The van der Waals surface area contributed by atoms with Gasteiger partial charge in [0, 0.05) is 44.3 Å². The molecule has 2 rings (SSSR count). The topological polar surface area (TPSA) is 35.6 Å². The maximum absolute atomic E-state index is 11.8. The molecule has 2 amide bonds. The molecular weight excluding hydrogens is 274 g/mol. The molecule has 0 saturated carbocycles. The highest BCUT2D eigenvalue weighted by Crippen LogP contribution is 2.12. The van der Waals surface area contributed by atoms with Gasteiger partial charge in [-0.25, -0.2) is 4.79 Å². The van der Waals surface area contributed by atoms with Crippen molar-refractivity contribution in [3.05, 3.63) is 34.9 Å². The number of amides is 2. The highest BCUT2D eigenvalue weighted by molar-refractivity contribution is 6.30. The van der Waals surface area contributed by atoms with Crippen molar-refractivity contribution in [2.24, 2.45) is 0 Å². The summed E-state index contributed by atoms with van der Waals surface area (Å²) < 4.78 is 0. The van der Waals surface area contributed by atoms with Gasteiger partial charge >= 0.3 is 6.03 Å². The predicted molar refractivity (Wildman–Crippen MR) is 82.0 cm³/mol. The monoisotopic (exact) mass is 295 g/mol. The second-order valence-electron chi connectivity index (χ2n) is 5.12. The molecule has 1 aliphatic rings. The minimum atomic E-state index is 0.0676. The van der Waals surface area contributed by atoms with E-state index in [0.717, 1.165) is 50.7 Å². The van der Waals surface area contributed by atoms with Crippen molar-refractivity contribution in [2.45, 2.75) is 19.9 Å². The summed E-state index contributed by atoms with van der Waals surface area (Å²) in [6, 6.07) is 8.03. The summed E-state index contributed by atoms with van der Waals surface area (Å²) in [4.78, 5) is 16.1. The van der Waals surface area contributed by atoms with E-state index in [9.17, 15) is 4.79 Å². The van der Waals surface area contributed by atoms with Gasteiger partial charge in [-0.15, -0.1) is 0 Å². The Kier molecular flexibility index (Phi) is 5.68. The van der Waals surface area contributed by atoms with Gasteiger partial charge in [0.1, 0.15) is 0 Å². The van der Waals surface area contributed by atoms with Gasteiger partial charge < -0.3 is 10.2 Å². The molecule has 0 bridgehead atoms. The van der Waals surface area contributed by atoms with Crippen LogP contribution in [0, 0.1) is 0 Å². The third kappa shape index (κ3) is 4.39. The van der Waals surface area contributed by atoms with Crippen LogP contribution < -0.4 is 5.32 Å². The quantitative estimate of drug-likeness (QED) is 0.927. The molecule has 1 aromatic carbocycles. The first kappa shape index (κ1) is 15.1. The zero-order chi connectivity index (χ0) is 14.4. The molecule has 0 atom stereocenters. The van der Waals surface area contributed by atoms with Gasteiger partial charge in [0.2, 0.25) is 0 Å². The van der Waals surface area contributed by atoms with E-state index in [4.69, 9.17) is 11.6 Å². The van der Waals surface area contributed by atoms with Crippen LogP contribution in [-0.4, -0.2) is 48.6 Å². The van der Waals surface area contributed by atoms with E-state index in [2.05, 4.69) is 29.3 Å².